The van der Waals surface area contributed by atoms with E-state index in [1.807, 2.05) is 6.07 Å². The average Bonchev–Trinajstić information content (AvgIpc) is 3.30. The van der Waals surface area contributed by atoms with Gasteiger partial charge in [-0.25, -0.2) is 9.29 Å². The number of nitro groups is 1. The van der Waals surface area contributed by atoms with Crippen molar-refractivity contribution in [1.29, 1.82) is 5.26 Å². The summed E-state index contributed by atoms with van der Waals surface area (Å²) in [5, 5.41) is 20.5. The Balaban J connectivity index is 1.61. The van der Waals surface area contributed by atoms with Crippen LogP contribution in [0.1, 0.15) is 10.4 Å². The second-order valence-corrected chi connectivity index (χ2v) is 8.15. The van der Waals surface area contributed by atoms with Crippen molar-refractivity contribution < 1.29 is 23.7 Å². The van der Waals surface area contributed by atoms with Gasteiger partial charge < -0.3 is 4.90 Å². The van der Waals surface area contributed by atoms with Crippen molar-refractivity contribution in [2.24, 2.45) is 11.8 Å². The summed E-state index contributed by atoms with van der Waals surface area (Å²) in [6.45, 7) is 0. The summed E-state index contributed by atoms with van der Waals surface area (Å²) in [6, 6.07) is 10.3. The van der Waals surface area contributed by atoms with E-state index in [-0.39, 0.29) is 22.5 Å². The van der Waals surface area contributed by atoms with Gasteiger partial charge in [0.2, 0.25) is 11.8 Å². The molecule has 2 fully saturated rings. The van der Waals surface area contributed by atoms with Crippen LogP contribution in [0.5, 0.6) is 0 Å². The van der Waals surface area contributed by atoms with Gasteiger partial charge in [0, 0.05) is 23.9 Å². The monoisotopic (exact) mass is 458 g/mol. The Morgan fingerprint density at radius 3 is 2.53 bits per heavy atom. The first-order valence-electron chi connectivity index (χ1n) is 10.3. The van der Waals surface area contributed by atoms with Crippen molar-refractivity contribution in [2.75, 3.05) is 4.90 Å². The molecule has 4 atom stereocenters. The summed E-state index contributed by atoms with van der Waals surface area (Å²) in [7, 11) is 0. The minimum atomic E-state index is -1.14. The standard InChI is InChI=1S/C24H15FN4O5/c25-15-4-2-5-16(11-15)28-23(31)19-18-9-13(12-26)7-8-27(18)21(20(19)24(28)32)22(30)14-3-1-6-17(10-14)29(33)34/h1-11,18-21H/t18-,19-,20+,21-/m1/s1. The van der Waals surface area contributed by atoms with E-state index in [2.05, 4.69) is 0 Å². The number of amides is 2. The number of nitrogens with zero attached hydrogens (tertiary/aromatic N) is 4. The van der Waals surface area contributed by atoms with Crippen LogP contribution >= 0.6 is 0 Å². The largest absolute Gasteiger partial charge is 0.359 e. The Morgan fingerprint density at radius 2 is 1.82 bits per heavy atom. The average molecular weight is 458 g/mol. The fourth-order valence-electron chi connectivity index (χ4n) is 4.93. The van der Waals surface area contributed by atoms with Crippen LogP contribution in [0.25, 0.3) is 0 Å². The molecule has 9 nitrogen and oxygen atoms in total. The van der Waals surface area contributed by atoms with Crippen LogP contribution in [0.3, 0.4) is 0 Å². The van der Waals surface area contributed by atoms with E-state index in [0.717, 1.165) is 17.0 Å². The number of carbonyl (C=O) groups excluding carboxylic acids is 3. The van der Waals surface area contributed by atoms with Gasteiger partial charge >= 0.3 is 0 Å². The Bertz CT molecular complexity index is 1380. The molecule has 0 aliphatic carbocycles. The zero-order valence-corrected chi connectivity index (χ0v) is 17.4. The number of fused-ring (bicyclic) bond motifs is 3. The Morgan fingerprint density at radius 1 is 1.09 bits per heavy atom. The fourth-order valence-corrected chi connectivity index (χ4v) is 4.93. The molecule has 3 aliphatic heterocycles. The van der Waals surface area contributed by atoms with E-state index in [1.54, 1.807) is 4.90 Å². The number of imide groups is 1. The van der Waals surface area contributed by atoms with Crippen LogP contribution in [-0.2, 0) is 9.59 Å². The molecule has 0 N–H and O–H groups in total. The lowest BCUT2D eigenvalue weighted by Crippen LogP contribution is -2.46. The van der Waals surface area contributed by atoms with E-state index in [1.165, 1.54) is 54.8 Å². The van der Waals surface area contributed by atoms with Gasteiger partial charge in [0.25, 0.3) is 5.69 Å². The molecule has 0 aromatic heterocycles. The molecule has 10 heteroatoms. The number of nitro benzene ring substituents is 1. The number of hydrogen-bond acceptors (Lipinski definition) is 7. The number of hydrogen-bond donors (Lipinski definition) is 0. The molecule has 2 aromatic carbocycles. The lowest BCUT2D eigenvalue weighted by molar-refractivity contribution is -0.384. The molecule has 3 aliphatic rings. The number of ketones is 1. The van der Waals surface area contributed by atoms with Crippen LogP contribution < -0.4 is 4.90 Å². The lowest BCUT2D eigenvalue weighted by Gasteiger charge is -2.32. The van der Waals surface area contributed by atoms with Crippen molar-refractivity contribution in [3.8, 4) is 6.07 Å². The SMILES string of the molecule is N#CC1=C[C@@H]2[C@H]3C(=O)N(c4cccc(F)c4)C(=O)[C@@H]3[C@H](C(=O)c3cccc([N+](=O)[O-])c3)N2C=C1. The molecule has 5 rings (SSSR count). The van der Waals surface area contributed by atoms with Crippen LogP contribution in [0.4, 0.5) is 15.8 Å². The maximum absolute atomic E-state index is 13.8. The first kappa shape index (κ1) is 21.2. The van der Waals surface area contributed by atoms with Crippen molar-refractivity contribution in [2.45, 2.75) is 12.1 Å². The summed E-state index contributed by atoms with van der Waals surface area (Å²) in [5.41, 5.74) is 0.0563. The van der Waals surface area contributed by atoms with Gasteiger partial charge in [0.1, 0.15) is 11.9 Å². The number of nitriles is 1. The van der Waals surface area contributed by atoms with Crippen LogP contribution in [-0.4, -0.2) is 39.5 Å². The second kappa shape index (κ2) is 7.74. The summed E-state index contributed by atoms with van der Waals surface area (Å²) in [5.74, 6) is -4.58. The zero-order chi connectivity index (χ0) is 24.1. The summed E-state index contributed by atoms with van der Waals surface area (Å²) in [6.07, 6.45) is 4.50. The zero-order valence-electron chi connectivity index (χ0n) is 17.4. The van der Waals surface area contributed by atoms with E-state index >= 15 is 0 Å². The normalized spacial score (nSPS) is 25.0. The number of non-ortho nitro benzene ring substituents is 1. The van der Waals surface area contributed by atoms with E-state index < -0.39 is 52.3 Å². The molecule has 0 radical (unpaired) electrons. The molecule has 0 spiro atoms. The third-order valence-corrected chi connectivity index (χ3v) is 6.35. The van der Waals surface area contributed by atoms with Gasteiger partial charge in [-0.2, -0.15) is 5.26 Å². The van der Waals surface area contributed by atoms with Gasteiger partial charge in [0.05, 0.1) is 40.1 Å². The first-order valence-corrected chi connectivity index (χ1v) is 10.3. The lowest BCUT2D eigenvalue weighted by atomic mass is 9.86. The molecular weight excluding hydrogens is 443 g/mol. The highest BCUT2D eigenvalue weighted by Crippen LogP contribution is 2.47. The van der Waals surface area contributed by atoms with Crippen molar-refractivity contribution in [3.63, 3.8) is 0 Å². The van der Waals surface area contributed by atoms with Gasteiger partial charge in [-0.3, -0.25) is 24.5 Å². The van der Waals surface area contributed by atoms with Crippen LogP contribution in [0, 0.1) is 39.1 Å². The molecule has 0 saturated carbocycles. The second-order valence-electron chi connectivity index (χ2n) is 8.15. The molecule has 34 heavy (non-hydrogen) atoms. The minimum Gasteiger partial charge on any atom is -0.359 e. The predicted molar refractivity (Wildman–Crippen MR) is 116 cm³/mol. The molecule has 2 saturated heterocycles. The minimum absolute atomic E-state index is 0.0199. The highest BCUT2D eigenvalue weighted by molar-refractivity contribution is 6.24. The third kappa shape index (κ3) is 3.09. The van der Waals surface area contributed by atoms with Crippen molar-refractivity contribution in [1.82, 2.24) is 4.90 Å². The van der Waals surface area contributed by atoms with Gasteiger partial charge in [-0.05, 0) is 30.4 Å². The Kier molecular flexibility index (Phi) is 4.83. The summed E-state index contributed by atoms with van der Waals surface area (Å²) in [4.78, 5) is 53.5. The van der Waals surface area contributed by atoms with Gasteiger partial charge in [-0.15, -0.1) is 0 Å². The number of rotatable bonds is 4. The summed E-state index contributed by atoms with van der Waals surface area (Å²) < 4.78 is 13.8. The number of benzene rings is 2. The number of halogens is 1. The molecule has 2 aromatic rings. The quantitative estimate of drug-likeness (QED) is 0.299. The maximum Gasteiger partial charge on any atom is 0.270 e. The topological polar surface area (TPSA) is 125 Å². The highest BCUT2D eigenvalue weighted by Gasteiger charge is 2.63. The van der Waals surface area contributed by atoms with E-state index in [9.17, 15) is 34.2 Å². The maximum atomic E-state index is 13.8. The number of allylic oxidation sites excluding steroid dienone is 2. The van der Waals surface area contributed by atoms with Crippen molar-refractivity contribution in [3.05, 3.63) is 94.0 Å². The van der Waals surface area contributed by atoms with Crippen molar-refractivity contribution >= 4 is 29.0 Å². The number of anilines is 1. The highest BCUT2D eigenvalue weighted by atomic mass is 19.1. The molecule has 3 heterocycles. The van der Waals surface area contributed by atoms with E-state index in [4.69, 9.17) is 0 Å². The van der Waals surface area contributed by atoms with Crippen LogP contribution in [0.2, 0.25) is 0 Å². The molecule has 0 unspecified atom stereocenters. The third-order valence-electron chi connectivity index (χ3n) is 6.35. The Labute approximate surface area is 192 Å². The molecule has 2 amide bonds. The summed E-state index contributed by atoms with van der Waals surface area (Å²) >= 11 is 0. The number of carbonyl (C=O) groups is 3. The van der Waals surface area contributed by atoms with E-state index in [0.29, 0.717) is 0 Å². The molecule has 0 bridgehead atoms. The fraction of sp³-hybridized carbons (Fsp3) is 0.167. The molecular formula is C24H15FN4O5. The van der Waals surface area contributed by atoms with Gasteiger partial charge in [-0.1, -0.05) is 18.2 Å². The smallest absolute Gasteiger partial charge is 0.270 e. The Hall–Kier alpha value is -4.65. The van der Waals surface area contributed by atoms with Gasteiger partial charge in [0.15, 0.2) is 5.78 Å². The number of Topliss-reactive ketones (excluding diaryl/α,β-unsaturated/α-hetero) is 1. The van der Waals surface area contributed by atoms with Crippen LogP contribution in [0.15, 0.2) is 72.5 Å². The molecule has 168 valence electrons. The first-order chi connectivity index (χ1) is 16.3. The predicted octanol–water partition coefficient (Wildman–Crippen LogP) is 2.75.